The number of carbonyl (C=O) groups excluding carboxylic acids is 1. The molecule has 1 unspecified atom stereocenters. The second-order valence-electron chi connectivity index (χ2n) is 5.18. The number of benzene rings is 1. The van der Waals surface area contributed by atoms with Crippen molar-refractivity contribution < 1.29 is 9.53 Å². The van der Waals surface area contributed by atoms with Gasteiger partial charge in [0.25, 0.3) is 5.91 Å². The molecule has 1 atom stereocenters. The van der Waals surface area contributed by atoms with E-state index in [1.165, 1.54) is 0 Å². The van der Waals surface area contributed by atoms with Gasteiger partial charge in [-0.25, -0.2) is 0 Å². The summed E-state index contributed by atoms with van der Waals surface area (Å²) in [5.41, 5.74) is 5.95. The molecule has 0 aromatic heterocycles. The lowest BCUT2D eigenvalue weighted by Crippen LogP contribution is -2.48. The first-order chi connectivity index (χ1) is 8.75. The van der Waals surface area contributed by atoms with Crippen LogP contribution in [0.15, 0.2) is 18.2 Å². The number of amides is 1. The fourth-order valence-electron chi connectivity index (χ4n) is 1.38. The van der Waals surface area contributed by atoms with E-state index < -0.39 is 6.10 Å². The molecule has 0 heterocycles. The van der Waals surface area contributed by atoms with Gasteiger partial charge in [-0.15, -0.1) is 0 Å². The van der Waals surface area contributed by atoms with Crippen LogP contribution in [0.5, 0.6) is 5.75 Å². The van der Waals surface area contributed by atoms with Crippen LogP contribution in [0.4, 0.5) is 5.69 Å². The molecule has 3 N–H and O–H groups in total. The number of anilines is 1. The van der Waals surface area contributed by atoms with E-state index in [1.807, 2.05) is 20.8 Å². The third-order valence-electron chi connectivity index (χ3n) is 2.97. The number of hydrogen-bond acceptors (Lipinski definition) is 3. The molecule has 0 aliphatic rings. The summed E-state index contributed by atoms with van der Waals surface area (Å²) in [5, 5.41) is 3.36. The molecule has 0 saturated carbocycles. The second kappa shape index (κ2) is 6.15. The van der Waals surface area contributed by atoms with Crippen LogP contribution in [-0.4, -0.2) is 17.6 Å². The number of hydrogen-bond donors (Lipinski definition) is 2. The highest BCUT2D eigenvalue weighted by molar-refractivity contribution is 6.32. The Morgan fingerprint density at radius 3 is 2.74 bits per heavy atom. The van der Waals surface area contributed by atoms with Crippen LogP contribution in [0.1, 0.15) is 34.1 Å². The average molecular weight is 285 g/mol. The second-order valence-corrected chi connectivity index (χ2v) is 5.58. The van der Waals surface area contributed by atoms with Gasteiger partial charge in [-0.2, -0.15) is 0 Å². The summed E-state index contributed by atoms with van der Waals surface area (Å²) in [6, 6.07) is 4.93. The van der Waals surface area contributed by atoms with Crippen LogP contribution >= 0.6 is 11.6 Å². The Kier molecular flexibility index (Phi) is 5.06. The zero-order valence-electron chi connectivity index (χ0n) is 11.8. The van der Waals surface area contributed by atoms with Crippen LogP contribution in [0.3, 0.4) is 0 Å². The summed E-state index contributed by atoms with van der Waals surface area (Å²) >= 11 is 5.99. The number of nitrogens with one attached hydrogen (secondary N) is 1. The molecular formula is C14H21ClN2O2. The Morgan fingerprint density at radius 1 is 1.53 bits per heavy atom. The molecular weight excluding hydrogens is 264 g/mol. The average Bonchev–Trinajstić information content (AvgIpc) is 2.33. The van der Waals surface area contributed by atoms with Gasteiger partial charge in [0.1, 0.15) is 5.75 Å². The number of ether oxygens (including phenoxy) is 1. The van der Waals surface area contributed by atoms with E-state index >= 15 is 0 Å². The highest BCUT2D eigenvalue weighted by atomic mass is 35.5. The Labute approximate surface area is 119 Å². The van der Waals surface area contributed by atoms with E-state index in [-0.39, 0.29) is 11.4 Å². The molecule has 1 aromatic carbocycles. The van der Waals surface area contributed by atoms with Gasteiger partial charge in [-0.3, -0.25) is 4.79 Å². The fraction of sp³-hybridized carbons (Fsp3) is 0.500. The van der Waals surface area contributed by atoms with E-state index in [9.17, 15) is 4.79 Å². The predicted molar refractivity (Wildman–Crippen MR) is 78.5 cm³/mol. The minimum atomic E-state index is -0.634. The molecule has 106 valence electrons. The first-order valence-corrected chi connectivity index (χ1v) is 6.66. The Morgan fingerprint density at radius 2 is 2.16 bits per heavy atom. The summed E-state index contributed by atoms with van der Waals surface area (Å²) in [6.07, 6.45) is 0.204. The lowest BCUT2D eigenvalue weighted by Gasteiger charge is -2.26. The zero-order valence-corrected chi connectivity index (χ0v) is 12.5. The first-order valence-electron chi connectivity index (χ1n) is 6.29. The minimum Gasteiger partial charge on any atom is -0.479 e. The van der Waals surface area contributed by atoms with Crippen molar-refractivity contribution in [2.24, 2.45) is 0 Å². The molecule has 0 radical (unpaired) electrons. The Bertz CT molecular complexity index is 461. The summed E-state index contributed by atoms with van der Waals surface area (Å²) in [7, 11) is 0. The quantitative estimate of drug-likeness (QED) is 0.817. The van der Waals surface area contributed by atoms with Crippen molar-refractivity contribution in [3.63, 3.8) is 0 Å². The molecule has 0 bridgehead atoms. The lowest BCUT2D eigenvalue weighted by atomic mass is 10.0. The molecule has 1 rings (SSSR count). The maximum absolute atomic E-state index is 12.0. The molecule has 4 nitrogen and oxygen atoms in total. The smallest absolute Gasteiger partial charge is 0.261 e. The largest absolute Gasteiger partial charge is 0.479 e. The maximum Gasteiger partial charge on any atom is 0.261 e. The Hall–Kier alpha value is -1.42. The van der Waals surface area contributed by atoms with Crippen LogP contribution < -0.4 is 15.8 Å². The molecule has 0 saturated heterocycles. The van der Waals surface area contributed by atoms with Crippen LogP contribution in [-0.2, 0) is 4.79 Å². The lowest BCUT2D eigenvalue weighted by molar-refractivity contribution is -0.128. The van der Waals surface area contributed by atoms with Crippen LogP contribution in [0.25, 0.3) is 0 Å². The molecule has 0 fully saturated rings. The van der Waals surface area contributed by atoms with Crippen molar-refractivity contribution in [3.05, 3.63) is 23.2 Å². The number of halogens is 1. The topological polar surface area (TPSA) is 64.3 Å². The summed E-state index contributed by atoms with van der Waals surface area (Å²) in [5.74, 6) is 0.240. The maximum atomic E-state index is 12.0. The van der Waals surface area contributed by atoms with Gasteiger partial charge in [-0.05, 0) is 39.3 Å². The number of nitrogens with two attached hydrogens (primary N) is 1. The normalized spacial score (nSPS) is 12.9. The summed E-state index contributed by atoms with van der Waals surface area (Å²) < 4.78 is 5.55. The predicted octanol–water partition coefficient (Wildman–Crippen LogP) is 2.99. The first kappa shape index (κ1) is 15.6. The van der Waals surface area contributed by atoms with Crippen LogP contribution in [0, 0.1) is 0 Å². The van der Waals surface area contributed by atoms with E-state index in [2.05, 4.69) is 5.32 Å². The molecule has 0 aliphatic heterocycles. The molecule has 19 heavy (non-hydrogen) atoms. The summed E-state index contributed by atoms with van der Waals surface area (Å²) in [4.78, 5) is 12.0. The van der Waals surface area contributed by atoms with Gasteiger partial charge in [0.05, 0.1) is 5.02 Å². The van der Waals surface area contributed by atoms with Gasteiger partial charge >= 0.3 is 0 Å². The highest BCUT2D eigenvalue weighted by Gasteiger charge is 2.23. The SMILES string of the molecule is CCC(C)(C)NC(=O)C(C)Oc1cc(N)ccc1Cl. The van der Waals surface area contributed by atoms with E-state index in [4.69, 9.17) is 22.1 Å². The number of carbonyl (C=O) groups is 1. The molecule has 0 aliphatic carbocycles. The van der Waals surface area contributed by atoms with Gasteiger partial charge in [0, 0.05) is 17.3 Å². The van der Waals surface area contributed by atoms with Crippen molar-refractivity contribution in [3.8, 4) is 5.75 Å². The number of nitrogen functional groups attached to an aromatic ring is 1. The highest BCUT2D eigenvalue weighted by Crippen LogP contribution is 2.27. The molecule has 0 spiro atoms. The van der Waals surface area contributed by atoms with Crippen molar-refractivity contribution >= 4 is 23.2 Å². The van der Waals surface area contributed by atoms with Gasteiger partial charge in [0.15, 0.2) is 6.10 Å². The number of rotatable bonds is 5. The van der Waals surface area contributed by atoms with Gasteiger partial charge in [0.2, 0.25) is 0 Å². The molecule has 1 amide bonds. The van der Waals surface area contributed by atoms with E-state index in [0.29, 0.717) is 16.5 Å². The third-order valence-corrected chi connectivity index (χ3v) is 3.29. The third kappa shape index (κ3) is 4.63. The van der Waals surface area contributed by atoms with Gasteiger partial charge < -0.3 is 15.8 Å². The molecule has 5 heteroatoms. The van der Waals surface area contributed by atoms with E-state index in [1.54, 1.807) is 25.1 Å². The van der Waals surface area contributed by atoms with E-state index in [0.717, 1.165) is 6.42 Å². The monoisotopic (exact) mass is 284 g/mol. The van der Waals surface area contributed by atoms with Crippen molar-refractivity contribution in [2.75, 3.05) is 5.73 Å². The minimum absolute atomic E-state index is 0.176. The van der Waals surface area contributed by atoms with Crippen molar-refractivity contribution in [2.45, 2.75) is 45.8 Å². The fourth-order valence-corrected chi connectivity index (χ4v) is 1.54. The van der Waals surface area contributed by atoms with Crippen molar-refractivity contribution in [1.29, 1.82) is 0 Å². The summed E-state index contributed by atoms with van der Waals surface area (Å²) in [6.45, 7) is 7.62. The van der Waals surface area contributed by atoms with Crippen LogP contribution in [0.2, 0.25) is 5.02 Å². The Balaban J connectivity index is 2.71. The standard InChI is InChI=1S/C14H21ClN2O2/c1-5-14(3,4)17-13(18)9(2)19-12-8-10(16)6-7-11(12)15/h6-9H,5,16H2,1-4H3,(H,17,18). The zero-order chi connectivity index (χ0) is 14.6. The van der Waals surface area contributed by atoms with Gasteiger partial charge in [-0.1, -0.05) is 18.5 Å². The van der Waals surface area contributed by atoms with Crippen molar-refractivity contribution in [1.82, 2.24) is 5.32 Å². The molecule has 1 aromatic rings.